The van der Waals surface area contributed by atoms with Gasteiger partial charge < -0.3 is 20.5 Å². The zero-order valence-electron chi connectivity index (χ0n) is 12.7. The van der Waals surface area contributed by atoms with Crippen LogP contribution in [0.4, 0.5) is 4.79 Å². The molecule has 7 heteroatoms. The van der Waals surface area contributed by atoms with Gasteiger partial charge in [-0.25, -0.2) is 9.59 Å². The second-order valence-electron chi connectivity index (χ2n) is 5.64. The van der Waals surface area contributed by atoms with Gasteiger partial charge in [-0.3, -0.25) is 4.79 Å². The van der Waals surface area contributed by atoms with Crippen molar-refractivity contribution in [2.45, 2.75) is 51.6 Å². The summed E-state index contributed by atoms with van der Waals surface area (Å²) in [5, 5.41) is 14.3. The van der Waals surface area contributed by atoms with Crippen molar-refractivity contribution in [1.82, 2.24) is 10.6 Å². The van der Waals surface area contributed by atoms with E-state index >= 15 is 0 Å². The number of nitrogens with one attached hydrogen (secondary N) is 2. The quantitative estimate of drug-likeness (QED) is 0.638. The molecule has 21 heavy (non-hydrogen) atoms. The Kier molecular flexibility index (Phi) is 6.45. The van der Waals surface area contributed by atoms with Crippen LogP contribution >= 0.6 is 0 Å². The summed E-state index contributed by atoms with van der Waals surface area (Å²) in [6.07, 6.45) is 1.91. The first-order valence-corrected chi connectivity index (χ1v) is 7.21. The van der Waals surface area contributed by atoms with Crippen molar-refractivity contribution in [3.63, 3.8) is 0 Å². The first kappa shape index (κ1) is 17.3. The molecule has 1 aliphatic carbocycles. The minimum absolute atomic E-state index is 0.00600. The van der Waals surface area contributed by atoms with E-state index in [0.29, 0.717) is 11.8 Å². The molecule has 1 aliphatic rings. The van der Waals surface area contributed by atoms with Gasteiger partial charge in [0.05, 0.1) is 7.11 Å². The van der Waals surface area contributed by atoms with Gasteiger partial charge in [-0.1, -0.05) is 13.8 Å². The zero-order valence-corrected chi connectivity index (χ0v) is 12.7. The lowest BCUT2D eigenvalue weighted by molar-refractivity contribution is -0.142. The molecule has 0 aromatic rings. The highest BCUT2D eigenvalue weighted by molar-refractivity contribution is 5.83. The summed E-state index contributed by atoms with van der Waals surface area (Å²) in [6.45, 7) is 4.22. The highest BCUT2D eigenvalue weighted by atomic mass is 16.5. The lowest BCUT2D eigenvalue weighted by Gasteiger charge is -2.21. The number of ether oxygens (including phenoxy) is 1. The van der Waals surface area contributed by atoms with E-state index in [1.807, 2.05) is 0 Å². The second-order valence-corrected chi connectivity index (χ2v) is 5.64. The van der Waals surface area contributed by atoms with E-state index in [1.54, 1.807) is 0 Å². The van der Waals surface area contributed by atoms with E-state index < -0.39 is 24.0 Å². The Hall–Kier alpha value is -1.79. The van der Waals surface area contributed by atoms with Crippen LogP contribution in [0.3, 0.4) is 0 Å². The Morgan fingerprint density at radius 1 is 1.29 bits per heavy atom. The third kappa shape index (κ3) is 5.24. The maximum absolute atomic E-state index is 11.9. The van der Waals surface area contributed by atoms with E-state index in [4.69, 9.17) is 5.11 Å². The molecule has 0 heterocycles. The van der Waals surface area contributed by atoms with Crippen LogP contribution in [-0.2, 0) is 14.3 Å². The Morgan fingerprint density at radius 3 is 2.43 bits per heavy atom. The van der Waals surface area contributed by atoms with Gasteiger partial charge in [0.15, 0.2) is 0 Å². The number of carbonyl (C=O) groups is 3. The van der Waals surface area contributed by atoms with Crippen molar-refractivity contribution in [3.8, 4) is 0 Å². The number of aliphatic carboxylic acids is 1. The average Bonchev–Trinajstić information content (AvgIpc) is 2.74. The van der Waals surface area contributed by atoms with Crippen LogP contribution in [0, 0.1) is 11.8 Å². The lowest BCUT2D eigenvalue weighted by atomic mass is 9.98. The maximum atomic E-state index is 11.9. The molecule has 7 nitrogen and oxygen atoms in total. The number of methoxy groups -OCH3 is 1. The van der Waals surface area contributed by atoms with Gasteiger partial charge in [0.1, 0.15) is 6.04 Å². The van der Waals surface area contributed by atoms with Gasteiger partial charge in [0.2, 0.25) is 0 Å². The fraction of sp³-hybridized carbons (Fsp3) is 0.786. The average molecular weight is 300 g/mol. The number of carboxylic acid groups (broad SMARTS) is 1. The van der Waals surface area contributed by atoms with Crippen LogP contribution in [0.1, 0.15) is 39.5 Å². The number of carbonyl (C=O) groups excluding carboxylic acids is 2. The summed E-state index contributed by atoms with van der Waals surface area (Å²) in [5.74, 6) is -0.748. The normalized spacial score (nSPS) is 26.0. The molecule has 4 atom stereocenters. The van der Waals surface area contributed by atoms with Crippen LogP contribution in [0.15, 0.2) is 0 Å². The molecule has 3 unspecified atom stereocenters. The summed E-state index contributed by atoms with van der Waals surface area (Å²) >= 11 is 0. The zero-order chi connectivity index (χ0) is 16.0. The highest BCUT2D eigenvalue weighted by Gasteiger charge is 2.31. The van der Waals surface area contributed by atoms with E-state index in [1.165, 1.54) is 7.11 Å². The van der Waals surface area contributed by atoms with Crippen molar-refractivity contribution in [2.75, 3.05) is 7.11 Å². The van der Waals surface area contributed by atoms with Gasteiger partial charge in [-0.15, -0.1) is 0 Å². The fourth-order valence-electron chi connectivity index (χ4n) is 2.56. The highest BCUT2D eigenvalue weighted by Crippen LogP contribution is 2.30. The maximum Gasteiger partial charge on any atom is 0.326 e. The molecular formula is C14H24N2O5. The van der Waals surface area contributed by atoms with E-state index in [0.717, 1.165) is 12.8 Å². The number of amides is 2. The van der Waals surface area contributed by atoms with Crippen molar-refractivity contribution in [1.29, 1.82) is 0 Å². The first-order valence-electron chi connectivity index (χ1n) is 7.21. The van der Waals surface area contributed by atoms with Crippen LogP contribution in [-0.4, -0.2) is 42.3 Å². The standard InChI is InChI=1S/C14H24N2O5/c1-8-4-5-10(9(8)2)15-14(20)16-11(13(18)19)6-7-12(17)21-3/h8-11H,4-7H2,1-3H3,(H,18,19)(H2,15,16,20)/t8?,9?,10?,11-/m1/s1. The number of carboxylic acids is 1. The molecule has 0 aliphatic heterocycles. The van der Waals surface area contributed by atoms with Crippen LogP contribution in [0.5, 0.6) is 0 Å². The lowest BCUT2D eigenvalue weighted by Crippen LogP contribution is -2.49. The van der Waals surface area contributed by atoms with Gasteiger partial charge in [-0.05, 0) is 31.1 Å². The van der Waals surface area contributed by atoms with E-state index in [9.17, 15) is 14.4 Å². The molecule has 0 saturated heterocycles. The molecule has 1 rings (SSSR count). The smallest absolute Gasteiger partial charge is 0.326 e. The number of hydrogen-bond acceptors (Lipinski definition) is 4. The number of rotatable bonds is 6. The number of urea groups is 1. The molecule has 1 saturated carbocycles. The molecule has 3 N–H and O–H groups in total. The number of hydrogen-bond donors (Lipinski definition) is 3. The molecule has 0 radical (unpaired) electrons. The fourth-order valence-corrected chi connectivity index (χ4v) is 2.56. The molecule has 0 bridgehead atoms. The third-order valence-electron chi connectivity index (χ3n) is 4.25. The predicted molar refractivity (Wildman–Crippen MR) is 75.7 cm³/mol. The Balaban J connectivity index is 2.45. The van der Waals surface area contributed by atoms with Gasteiger partial charge >= 0.3 is 18.0 Å². The molecule has 0 aromatic heterocycles. The molecule has 0 aromatic carbocycles. The monoisotopic (exact) mass is 300 g/mol. The molecule has 1 fully saturated rings. The van der Waals surface area contributed by atoms with Crippen molar-refractivity contribution >= 4 is 18.0 Å². The predicted octanol–water partition coefficient (Wildman–Crippen LogP) is 1.13. The van der Waals surface area contributed by atoms with Crippen LogP contribution < -0.4 is 10.6 Å². The Morgan fingerprint density at radius 2 is 1.95 bits per heavy atom. The van der Waals surface area contributed by atoms with E-state index in [2.05, 4.69) is 29.2 Å². The third-order valence-corrected chi connectivity index (χ3v) is 4.25. The van der Waals surface area contributed by atoms with Gasteiger partial charge in [-0.2, -0.15) is 0 Å². The number of esters is 1. The molecular weight excluding hydrogens is 276 g/mol. The Labute approximate surface area is 124 Å². The Bertz CT molecular complexity index is 399. The molecule has 0 spiro atoms. The molecule has 120 valence electrons. The van der Waals surface area contributed by atoms with Gasteiger partial charge in [0, 0.05) is 12.5 Å². The minimum atomic E-state index is -1.16. The topological polar surface area (TPSA) is 105 Å². The van der Waals surface area contributed by atoms with E-state index in [-0.39, 0.29) is 18.9 Å². The summed E-state index contributed by atoms with van der Waals surface area (Å²) in [6, 6.07) is -1.54. The first-order chi connectivity index (χ1) is 9.85. The van der Waals surface area contributed by atoms with Gasteiger partial charge in [0.25, 0.3) is 0 Å². The summed E-state index contributed by atoms with van der Waals surface area (Å²) in [5.41, 5.74) is 0. The SMILES string of the molecule is COC(=O)CC[C@@H](NC(=O)NC1CCC(C)C1C)C(=O)O. The second kappa shape index (κ2) is 7.85. The minimum Gasteiger partial charge on any atom is -0.480 e. The van der Waals surface area contributed by atoms with Crippen molar-refractivity contribution in [3.05, 3.63) is 0 Å². The summed E-state index contributed by atoms with van der Waals surface area (Å²) in [4.78, 5) is 34.0. The van der Waals surface area contributed by atoms with Crippen LogP contribution in [0.2, 0.25) is 0 Å². The van der Waals surface area contributed by atoms with Crippen molar-refractivity contribution < 1.29 is 24.2 Å². The summed E-state index contributed by atoms with van der Waals surface area (Å²) < 4.78 is 4.46. The van der Waals surface area contributed by atoms with Crippen LogP contribution in [0.25, 0.3) is 0 Å². The largest absolute Gasteiger partial charge is 0.480 e. The molecule has 2 amide bonds. The van der Waals surface area contributed by atoms with Crippen molar-refractivity contribution in [2.24, 2.45) is 11.8 Å². The summed E-state index contributed by atoms with van der Waals surface area (Å²) in [7, 11) is 1.24.